The molecule has 19 heavy (non-hydrogen) atoms. The summed E-state index contributed by atoms with van der Waals surface area (Å²) in [7, 11) is 1.37. The number of carbonyl (C=O) groups excluding carboxylic acids is 1. The van der Waals surface area contributed by atoms with Gasteiger partial charge in [0.1, 0.15) is 0 Å². The maximum Gasteiger partial charge on any atom is 0.313 e. The van der Waals surface area contributed by atoms with E-state index in [0.29, 0.717) is 12.1 Å². The summed E-state index contributed by atoms with van der Waals surface area (Å²) in [6.07, 6.45) is 2.24. The van der Waals surface area contributed by atoms with Gasteiger partial charge in [0.05, 0.1) is 18.7 Å². The van der Waals surface area contributed by atoms with Crippen LogP contribution in [0, 0.1) is 5.95 Å². The summed E-state index contributed by atoms with van der Waals surface area (Å²) < 4.78 is 19.6. The molecule has 0 bridgehead atoms. The van der Waals surface area contributed by atoms with E-state index in [1.165, 1.54) is 17.7 Å². The maximum atomic E-state index is 13.3. The standard InChI is InChI=1S/C13H14FN3O2/c1-13(2)5-7(12(18)19-3)8-6-15-10-4-9(14)16-17(10)11(8)13/h4,6-7H,5H2,1-3H3. The molecule has 0 N–H and O–H groups in total. The average molecular weight is 263 g/mol. The van der Waals surface area contributed by atoms with E-state index in [1.54, 1.807) is 6.20 Å². The molecule has 2 aromatic rings. The van der Waals surface area contributed by atoms with Crippen molar-refractivity contribution in [3.05, 3.63) is 29.5 Å². The molecule has 0 amide bonds. The number of ether oxygens (including phenoxy) is 1. The lowest BCUT2D eigenvalue weighted by molar-refractivity contribution is -0.142. The molecule has 0 fully saturated rings. The van der Waals surface area contributed by atoms with E-state index in [2.05, 4.69) is 10.1 Å². The van der Waals surface area contributed by atoms with Crippen LogP contribution < -0.4 is 0 Å². The minimum Gasteiger partial charge on any atom is -0.469 e. The Bertz CT molecular complexity index is 678. The third-order valence-electron chi connectivity index (χ3n) is 3.70. The van der Waals surface area contributed by atoms with Gasteiger partial charge in [0.15, 0.2) is 5.65 Å². The van der Waals surface area contributed by atoms with E-state index in [4.69, 9.17) is 4.74 Å². The minimum absolute atomic E-state index is 0.284. The monoisotopic (exact) mass is 263 g/mol. The predicted molar refractivity (Wildman–Crippen MR) is 65.3 cm³/mol. The number of hydrogen-bond donors (Lipinski definition) is 0. The Balaban J connectivity index is 2.28. The van der Waals surface area contributed by atoms with Crippen molar-refractivity contribution in [1.29, 1.82) is 0 Å². The molecule has 100 valence electrons. The van der Waals surface area contributed by atoms with Crippen molar-refractivity contribution in [2.45, 2.75) is 31.6 Å². The maximum absolute atomic E-state index is 13.3. The first-order valence-corrected chi connectivity index (χ1v) is 6.06. The van der Waals surface area contributed by atoms with Gasteiger partial charge >= 0.3 is 5.97 Å². The number of aromatic nitrogens is 3. The van der Waals surface area contributed by atoms with Gasteiger partial charge in [0.25, 0.3) is 0 Å². The summed E-state index contributed by atoms with van der Waals surface area (Å²) in [4.78, 5) is 16.0. The van der Waals surface area contributed by atoms with Gasteiger partial charge in [0.2, 0.25) is 5.95 Å². The summed E-state index contributed by atoms with van der Waals surface area (Å²) in [5.74, 6) is -1.22. The first-order chi connectivity index (χ1) is 8.94. The first kappa shape index (κ1) is 12.1. The van der Waals surface area contributed by atoms with E-state index in [9.17, 15) is 9.18 Å². The minimum atomic E-state index is -0.571. The number of fused-ring (bicyclic) bond motifs is 3. The van der Waals surface area contributed by atoms with Crippen LogP contribution in [0.25, 0.3) is 5.65 Å². The van der Waals surface area contributed by atoms with Crippen molar-refractivity contribution in [2.75, 3.05) is 7.11 Å². The van der Waals surface area contributed by atoms with E-state index < -0.39 is 5.95 Å². The number of carbonyl (C=O) groups is 1. The molecule has 0 saturated carbocycles. The van der Waals surface area contributed by atoms with Gasteiger partial charge in [-0.1, -0.05) is 13.8 Å². The van der Waals surface area contributed by atoms with Gasteiger partial charge in [-0.3, -0.25) is 4.79 Å². The molecule has 1 unspecified atom stereocenters. The summed E-state index contributed by atoms with van der Waals surface area (Å²) in [6.45, 7) is 4.02. The molecule has 0 radical (unpaired) electrons. The molecule has 6 heteroatoms. The lowest BCUT2D eigenvalue weighted by Gasteiger charge is -2.19. The predicted octanol–water partition coefficient (Wildman–Crippen LogP) is 1.81. The second-order valence-electron chi connectivity index (χ2n) is 5.46. The largest absolute Gasteiger partial charge is 0.469 e. The van der Waals surface area contributed by atoms with Crippen molar-refractivity contribution >= 4 is 11.6 Å². The number of nitrogens with zero attached hydrogens (tertiary/aromatic N) is 3. The normalized spacial score (nSPS) is 20.5. The highest BCUT2D eigenvalue weighted by Crippen LogP contribution is 2.45. The Kier molecular flexibility index (Phi) is 2.39. The molecule has 0 spiro atoms. The number of halogens is 1. The topological polar surface area (TPSA) is 56.5 Å². The lowest BCUT2D eigenvalue weighted by Crippen LogP contribution is -2.18. The molecule has 2 heterocycles. The molecule has 1 atom stereocenters. The van der Waals surface area contributed by atoms with Crippen LogP contribution in [0.15, 0.2) is 12.3 Å². The van der Waals surface area contributed by atoms with Gasteiger partial charge in [-0.25, -0.2) is 9.50 Å². The molecule has 0 saturated heterocycles. The number of rotatable bonds is 1. The zero-order chi connectivity index (χ0) is 13.8. The summed E-state index contributed by atoms with van der Waals surface area (Å²) >= 11 is 0. The van der Waals surface area contributed by atoms with Crippen LogP contribution in [-0.2, 0) is 14.9 Å². The lowest BCUT2D eigenvalue weighted by atomic mass is 9.89. The zero-order valence-electron chi connectivity index (χ0n) is 11.0. The number of hydrogen-bond acceptors (Lipinski definition) is 4. The van der Waals surface area contributed by atoms with Crippen LogP contribution in [0.3, 0.4) is 0 Å². The second-order valence-corrected chi connectivity index (χ2v) is 5.46. The fourth-order valence-electron chi connectivity index (χ4n) is 2.92. The van der Waals surface area contributed by atoms with Crippen LogP contribution in [0.5, 0.6) is 0 Å². The Labute approximate surface area is 109 Å². The van der Waals surface area contributed by atoms with Gasteiger partial charge < -0.3 is 4.74 Å². The highest BCUT2D eigenvalue weighted by atomic mass is 19.1. The third-order valence-corrected chi connectivity index (χ3v) is 3.70. The van der Waals surface area contributed by atoms with E-state index in [-0.39, 0.29) is 17.3 Å². The smallest absolute Gasteiger partial charge is 0.313 e. The van der Waals surface area contributed by atoms with Gasteiger partial charge in [-0.15, -0.1) is 5.10 Å². The number of methoxy groups -OCH3 is 1. The quantitative estimate of drug-likeness (QED) is 0.736. The third kappa shape index (κ3) is 1.63. The average Bonchev–Trinajstić information content (AvgIpc) is 2.85. The fourth-order valence-corrected chi connectivity index (χ4v) is 2.92. The Morgan fingerprint density at radius 2 is 2.32 bits per heavy atom. The molecular weight excluding hydrogens is 249 g/mol. The van der Waals surface area contributed by atoms with Crippen molar-refractivity contribution < 1.29 is 13.9 Å². The van der Waals surface area contributed by atoms with Crippen LogP contribution in [0.2, 0.25) is 0 Å². The van der Waals surface area contributed by atoms with Crippen LogP contribution >= 0.6 is 0 Å². The Hall–Kier alpha value is -1.98. The van der Waals surface area contributed by atoms with Crippen molar-refractivity contribution in [2.24, 2.45) is 0 Å². The molecule has 5 nitrogen and oxygen atoms in total. The highest BCUT2D eigenvalue weighted by Gasteiger charge is 2.43. The van der Waals surface area contributed by atoms with Crippen LogP contribution in [0.1, 0.15) is 37.4 Å². The zero-order valence-corrected chi connectivity index (χ0v) is 11.0. The van der Waals surface area contributed by atoms with Crippen LogP contribution in [0.4, 0.5) is 4.39 Å². The highest BCUT2D eigenvalue weighted by molar-refractivity contribution is 5.80. The fraction of sp³-hybridized carbons (Fsp3) is 0.462. The van der Waals surface area contributed by atoms with Crippen molar-refractivity contribution in [1.82, 2.24) is 14.6 Å². The summed E-state index contributed by atoms with van der Waals surface area (Å²) in [5.41, 5.74) is 1.77. The first-order valence-electron chi connectivity index (χ1n) is 6.06. The van der Waals surface area contributed by atoms with Gasteiger partial charge in [0, 0.05) is 23.2 Å². The summed E-state index contributed by atoms with van der Waals surface area (Å²) in [6, 6.07) is 1.28. The Morgan fingerprint density at radius 1 is 1.58 bits per heavy atom. The van der Waals surface area contributed by atoms with Crippen molar-refractivity contribution in [3.8, 4) is 0 Å². The molecule has 0 aromatic carbocycles. The molecular formula is C13H14FN3O2. The van der Waals surface area contributed by atoms with E-state index in [1.807, 2.05) is 13.8 Å². The van der Waals surface area contributed by atoms with E-state index in [0.717, 1.165) is 11.3 Å². The molecule has 1 aliphatic carbocycles. The second kappa shape index (κ2) is 3.76. The van der Waals surface area contributed by atoms with Crippen molar-refractivity contribution in [3.63, 3.8) is 0 Å². The molecule has 3 rings (SSSR count). The van der Waals surface area contributed by atoms with Crippen LogP contribution in [-0.4, -0.2) is 27.7 Å². The molecule has 2 aromatic heterocycles. The SMILES string of the molecule is COC(=O)C1CC(C)(C)c2c1cnc1cc(F)nn21. The van der Waals surface area contributed by atoms with Gasteiger partial charge in [-0.2, -0.15) is 4.39 Å². The Morgan fingerprint density at radius 3 is 3.00 bits per heavy atom. The molecule has 1 aliphatic rings. The summed E-state index contributed by atoms with van der Waals surface area (Å²) in [5, 5.41) is 3.84. The van der Waals surface area contributed by atoms with Gasteiger partial charge in [-0.05, 0) is 6.42 Å². The molecule has 0 aliphatic heterocycles. The van der Waals surface area contributed by atoms with E-state index >= 15 is 0 Å². The number of esters is 1.